The molecule has 204 valence electrons. The number of pyridine rings is 1. The molecule has 0 aliphatic carbocycles. The number of benzene rings is 2. The summed E-state index contributed by atoms with van der Waals surface area (Å²) in [4.78, 5) is 46.0. The Morgan fingerprint density at radius 3 is 2.54 bits per heavy atom. The van der Waals surface area contributed by atoms with Crippen LogP contribution in [0.4, 0.5) is 21.9 Å². The van der Waals surface area contributed by atoms with Gasteiger partial charge < -0.3 is 26.0 Å². The lowest BCUT2D eigenvalue weighted by Gasteiger charge is -2.28. The average molecular weight is 531 g/mol. The Morgan fingerprint density at radius 2 is 1.82 bits per heavy atom. The molecule has 0 spiro atoms. The Balaban J connectivity index is 1.42. The molecule has 1 aromatic heterocycles. The van der Waals surface area contributed by atoms with Crippen molar-refractivity contribution < 1.29 is 19.1 Å². The third-order valence-electron chi connectivity index (χ3n) is 6.45. The number of aromatic nitrogens is 1. The molecule has 10 nitrogen and oxygen atoms in total. The van der Waals surface area contributed by atoms with Crippen LogP contribution in [0.25, 0.3) is 0 Å². The van der Waals surface area contributed by atoms with Crippen LogP contribution in [0.1, 0.15) is 39.8 Å². The number of Topliss-reactive ketones (excluding diaryl/α,β-unsaturated/α-hetero) is 1. The van der Waals surface area contributed by atoms with Gasteiger partial charge in [-0.05, 0) is 49.2 Å². The van der Waals surface area contributed by atoms with Gasteiger partial charge in [0.1, 0.15) is 5.69 Å². The molecular formula is C29H34N6O4. The van der Waals surface area contributed by atoms with Gasteiger partial charge in [-0.25, -0.2) is 4.79 Å². The van der Waals surface area contributed by atoms with Crippen molar-refractivity contribution in [3.05, 3.63) is 83.7 Å². The monoisotopic (exact) mass is 530 g/mol. The molecule has 10 heteroatoms. The molecule has 4 N–H and O–H groups in total. The Kier molecular flexibility index (Phi) is 9.60. The highest BCUT2D eigenvalue weighted by molar-refractivity contribution is 6.04. The second-order valence-corrected chi connectivity index (χ2v) is 9.39. The van der Waals surface area contributed by atoms with Crippen LogP contribution in [0, 0.1) is 0 Å². The first-order valence-electron chi connectivity index (χ1n) is 13.0. The van der Waals surface area contributed by atoms with E-state index in [4.69, 9.17) is 10.5 Å². The number of anilines is 3. The number of para-hydroxylation sites is 2. The van der Waals surface area contributed by atoms with Gasteiger partial charge in [0.15, 0.2) is 5.78 Å². The number of morpholine rings is 1. The summed E-state index contributed by atoms with van der Waals surface area (Å²) in [5.74, 6) is -0.441. The van der Waals surface area contributed by atoms with Crippen molar-refractivity contribution in [3.8, 4) is 0 Å². The molecule has 0 radical (unpaired) electrons. The van der Waals surface area contributed by atoms with Crippen molar-refractivity contribution in [2.45, 2.75) is 19.9 Å². The number of urea groups is 1. The van der Waals surface area contributed by atoms with Gasteiger partial charge in [-0.1, -0.05) is 30.3 Å². The maximum Gasteiger partial charge on any atom is 0.322 e. The molecule has 2 aromatic carbocycles. The van der Waals surface area contributed by atoms with Crippen LogP contribution in [0.5, 0.6) is 0 Å². The van der Waals surface area contributed by atoms with E-state index in [1.807, 2.05) is 0 Å². The van der Waals surface area contributed by atoms with E-state index in [0.717, 1.165) is 44.8 Å². The zero-order valence-electron chi connectivity index (χ0n) is 22.1. The predicted octanol–water partition coefficient (Wildman–Crippen LogP) is 3.88. The smallest absolute Gasteiger partial charge is 0.322 e. The number of nitrogens with one attached hydrogen (secondary N) is 2. The quantitative estimate of drug-likeness (QED) is 0.268. The molecule has 3 amide bonds. The standard InChI is InChI=1S/C29H34N6O4/c1-21(36)23-6-4-7-24(18-23)32-29(38)35(13-5-12-34-14-16-39-17-15-34)20-22-10-11-27(31-19-22)28(37)33-26-9-3-2-8-25(26)30/h2-4,6-11,18-19H,5,12-17,20,30H2,1H3,(H,32,38)(H,33,37). The first kappa shape index (κ1) is 27.7. The number of nitrogen functional groups attached to an aromatic ring is 1. The summed E-state index contributed by atoms with van der Waals surface area (Å²) in [6, 6.07) is 17.0. The molecule has 0 bridgehead atoms. The van der Waals surface area contributed by atoms with Crippen molar-refractivity contribution in [1.82, 2.24) is 14.8 Å². The lowest BCUT2D eigenvalue weighted by Crippen LogP contribution is -2.40. The highest BCUT2D eigenvalue weighted by Gasteiger charge is 2.17. The summed E-state index contributed by atoms with van der Waals surface area (Å²) in [5.41, 5.74) is 9.01. The fourth-order valence-electron chi connectivity index (χ4n) is 4.25. The van der Waals surface area contributed by atoms with Gasteiger partial charge in [-0.15, -0.1) is 0 Å². The summed E-state index contributed by atoms with van der Waals surface area (Å²) < 4.78 is 5.42. The third kappa shape index (κ3) is 8.10. The van der Waals surface area contributed by atoms with Gasteiger partial charge in [0.05, 0.1) is 24.6 Å². The zero-order valence-corrected chi connectivity index (χ0v) is 22.1. The second-order valence-electron chi connectivity index (χ2n) is 9.39. The van der Waals surface area contributed by atoms with Gasteiger partial charge in [-0.3, -0.25) is 19.5 Å². The van der Waals surface area contributed by atoms with E-state index < -0.39 is 0 Å². The van der Waals surface area contributed by atoms with E-state index >= 15 is 0 Å². The minimum absolute atomic E-state index is 0.0707. The van der Waals surface area contributed by atoms with Crippen LogP contribution in [0.2, 0.25) is 0 Å². The molecular weight excluding hydrogens is 496 g/mol. The normalized spacial score (nSPS) is 13.5. The zero-order chi connectivity index (χ0) is 27.6. The van der Waals surface area contributed by atoms with E-state index in [2.05, 4.69) is 20.5 Å². The first-order chi connectivity index (χ1) is 18.9. The fraction of sp³-hybridized carbons (Fsp3) is 0.310. The van der Waals surface area contributed by atoms with Gasteiger partial charge in [-0.2, -0.15) is 0 Å². The Hall–Kier alpha value is -4.28. The van der Waals surface area contributed by atoms with Crippen molar-refractivity contribution >= 4 is 34.8 Å². The molecule has 0 saturated carbocycles. The topological polar surface area (TPSA) is 130 Å². The largest absolute Gasteiger partial charge is 0.397 e. The lowest BCUT2D eigenvalue weighted by atomic mass is 10.1. The number of amides is 3. The number of rotatable bonds is 10. The van der Waals surface area contributed by atoms with Crippen LogP contribution >= 0.6 is 0 Å². The van der Waals surface area contributed by atoms with Crippen LogP contribution in [-0.4, -0.2) is 71.9 Å². The molecule has 1 aliphatic rings. The summed E-state index contributed by atoms with van der Waals surface area (Å²) >= 11 is 0. The fourth-order valence-corrected chi connectivity index (χ4v) is 4.25. The molecule has 3 aromatic rings. The molecule has 39 heavy (non-hydrogen) atoms. The van der Waals surface area contributed by atoms with Crippen molar-refractivity contribution in [2.24, 2.45) is 0 Å². The Bertz CT molecular complexity index is 1290. The maximum absolute atomic E-state index is 13.3. The number of hydrogen-bond acceptors (Lipinski definition) is 7. The van der Waals surface area contributed by atoms with E-state index in [1.54, 1.807) is 71.8 Å². The molecule has 1 saturated heterocycles. The predicted molar refractivity (Wildman–Crippen MR) is 151 cm³/mol. The number of ether oxygens (including phenoxy) is 1. The van der Waals surface area contributed by atoms with Crippen molar-refractivity contribution in [3.63, 3.8) is 0 Å². The van der Waals surface area contributed by atoms with Crippen molar-refractivity contribution in [1.29, 1.82) is 0 Å². The number of carbonyl (C=O) groups excluding carboxylic acids is 3. The number of ketones is 1. The molecule has 0 unspecified atom stereocenters. The van der Waals surface area contributed by atoms with E-state index in [1.165, 1.54) is 6.92 Å². The van der Waals surface area contributed by atoms with E-state index in [-0.39, 0.29) is 23.4 Å². The highest BCUT2D eigenvalue weighted by atomic mass is 16.5. The second kappa shape index (κ2) is 13.5. The van der Waals surface area contributed by atoms with Gasteiger partial charge in [0, 0.05) is 50.2 Å². The lowest BCUT2D eigenvalue weighted by molar-refractivity contribution is 0.0365. The molecule has 2 heterocycles. The van der Waals surface area contributed by atoms with E-state index in [0.29, 0.717) is 35.7 Å². The maximum atomic E-state index is 13.3. The number of nitrogens with zero attached hydrogens (tertiary/aromatic N) is 3. The van der Waals surface area contributed by atoms with Crippen LogP contribution < -0.4 is 16.4 Å². The minimum Gasteiger partial charge on any atom is -0.397 e. The SMILES string of the molecule is CC(=O)c1cccc(NC(=O)N(CCCN2CCOCC2)Cc2ccc(C(=O)Nc3ccccc3N)nc2)c1. The molecule has 4 rings (SSSR count). The van der Waals surface area contributed by atoms with Gasteiger partial charge in [0.2, 0.25) is 0 Å². The van der Waals surface area contributed by atoms with Gasteiger partial charge >= 0.3 is 6.03 Å². The van der Waals surface area contributed by atoms with Crippen LogP contribution in [0.3, 0.4) is 0 Å². The first-order valence-corrected chi connectivity index (χ1v) is 13.0. The third-order valence-corrected chi connectivity index (χ3v) is 6.45. The Morgan fingerprint density at radius 1 is 1.03 bits per heavy atom. The molecule has 1 aliphatic heterocycles. The number of nitrogens with two attached hydrogens (primary N) is 1. The minimum atomic E-state index is -0.370. The van der Waals surface area contributed by atoms with Crippen LogP contribution in [-0.2, 0) is 11.3 Å². The summed E-state index contributed by atoms with van der Waals surface area (Å²) in [5, 5.41) is 5.68. The number of hydrogen-bond donors (Lipinski definition) is 3. The summed E-state index contributed by atoms with van der Waals surface area (Å²) in [6.45, 7) is 6.38. The molecule has 0 atom stereocenters. The van der Waals surface area contributed by atoms with Crippen molar-refractivity contribution in [2.75, 3.05) is 55.8 Å². The summed E-state index contributed by atoms with van der Waals surface area (Å²) in [6.07, 6.45) is 2.38. The average Bonchev–Trinajstić information content (AvgIpc) is 2.94. The van der Waals surface area contributed by atoms with E-state index in [9.17, 15) is 14.4 Å². The van der Waals surface area contributed by atoms with Crippen LogP contribution in [0.15, 0.2) is 66.9 Å². The number of carbonyl (C=O) groups is 3. The highest BCUT2D eigenvalue weighted by Crippen LogP contribution is 2.18. The molecule has 1 fully saturated rings. The Labute approximate surface area is 228 Å². The van der Waals surface area contributed by atoms with Gasteiger partial charge in [0.25, 0.3) is 5.91 Å². The summed E-state index contributed by atoms with van der Waals surface area (Å²) in [7, 11) is 0.